The molecule has 5 heteroatoms. The van der Waals surface area contributed by atoms with Crippen molar-refractivity contribution in [3.8, 4) is 0 Å². The van der Waals surface area contributed by atoms with Gasteiger partial charge in [0.15, 0.2) is 0 Å². The summed E-state index contributed by atoms with van der Waals surface area (Å²) in [7, 11) is 2.08. The number of hydrogen-bond donors (Lipinski definition) is 2. The van der Waals surface area contributed by atoms with Gasteiger partial charge in [0.05, 0.1) is 5.41 Å². The molecular formula is C18H34N2O3. The first-order valence-electron chi connectivity index (χ1n) is 8.87. The van der Waals surface area contributed by atoms with E-state index in [4.69, 9.17) is 0 Å². The first kappa shape index (κ1) is 19.9. The predicted octanol–water partition coefficient (Wildman–Crippen LogP) is 2.89. The summed E-state index contributed by atoms with van der Waals surface area (Å²) >= 11 is 0. The molecule has 2 N–H and O–H groups in total. The van der Waals surface area contributed by atoms with Crippen molar-refractivity contribution in [1.29, 1.82) is 0 Å². The van der Waals surface area contributed by atoms with Crippen molar-refractivity contribution in [2.75, 3.05) is 13.6 Å². The van der Waals surface area contributed by atoms with Crippen molar-refractivity contribution in [2.45, 2.75) is 78.3 Å². The fourth-order valence-corrected chi connectivity index (χ4v) is 3.39. The number of amides is 1. The Labute approximate surface area is 140 Å². The molecule has 0 aromatic heterocycles. The Morgan fingerprint density at radius 3 is 2.26 bits per heavy atom. The van der Waals surface area contributed by atoms with Gasteiger partial charge in [-0.3, -0.25) is 4.79 Å². The normalized spacial score (nSPS) is 18.2. The maximum Gasteiger partial charge on any atom is 0.326 e. The van der Waals surface area contributed by atoms with Crippen LogP contribution in [-0.2, 0) is 9.59 Å². The number of carboxylic acids is 1. The first-order valence-corrected chi connectivity index (χ1v) is 8.87. The van der Waals surface area contributed by atoms with Crippen molar-refractivity contribution in [2.24, 2.45) is 11.3 Å². The number of rotatable bonds is 8. The van der Waals surface area contributed by atoms with Crippen molar-refractivity contribution >= 4 is 11.9 Å². The van der Waals surface area contributed by atoms with Crippen LogP contribution in [0.25, 0.3) is 0 Å². The summed E-state index contributed by atoms with van der Waals surface area (Å²) in [5.41, 5.74) is -0.600. The fourth-order valence-electron chi connectivity index (χ4n) is 3.39. The SMILES string of the molecule is CC(C)CC(NC(=O)C(C)(C)CN(C)C1CCCCC1)C(=O)O. The molecule has 1 aliphatic carbocycles. The molecule has 1 atom stereocenters. The van der Waals surface area contributed by atoms with Crippen molar-refractivity contribution in [1.82, 2.24) is 10.2 Å². The smallest absolute Gasteiger partial charge is 0.326 e. The van der Waals surface area contributed by atoms with Crippen molar-refractivity contribution in [3.63, 3.8) is 0 Å². The Bertz CT molecular complexity index is 401. The molecule has 0 heterocycles. The molecule has 5 nitrogen and oxygen atoms in total. The number of carbonyl (C=O) groups excluding carboxylic acids is 1. The van der Waals surface area contributed by atoms with Crippen LogP contribution in [-0.4, -0.2) is 47.6 Å². The van der Waals surface area contributed by atoms with Crippen LogP contribution in [0.15, 0.2) is 0 Å². The average molecular weight is 326 g/mol. The molecule has 0 aliphatic heterocycles. The highest BCUT2D eigenvalue weighted by Crippen LogP contribution is 2.25. The second-order valence-electron chi connectivity index (χ2n) is 8.08. The van der Waals surface area contributed by atoms with Gasteiger partial charge >= 0.3 is 5.97 Å². The minimum Gasteiger partial charge on any atom is -0.480 e. The molecule has 0 spiro atoms. The van der Waals surface area contributed by atoms with Gasteiger partial charge in [-0.15, -0.1) is 0 Å². The quantitative estimate of drug-likeness (QED) is 0.719. The molecule has 134 valence electrons. The third kappa shape index (κ3) is 6.50. The predicted molar refractivity (Wildman–Crippen MR) is 92.3 cm³/mol. The van der Waals surface area contributed by atoms with E-state index in [1.165, 1.54) is 32.1 Å². The molecule has 1 rings (SSSR count). The summed E-state index contributed by atoms with van der Waals surface area (Å²) in [6.07, 6.45) is 6.67. The summed E-state index contributed by atoms with van der Waals surface area (Å²) in [6.45, 7) is 8.37. The Kier molecular flexibility index (Phi) is 7.52. The van der Waals surface area contributed by atoms with Crippen LogP contribution in [0.2, 0.25) is 0 Å². The highest BCUT2D eigenvalue weighted by atomic mass is 16.4. The number of nitrogens with one attached hydrogen (secondary N) is 1. The molecule has 1 amide bonds. The lowest BCUT2D eigenvalue weighted by Crippen LogP contribution is -2.51. The zero-order valence-electron chi connectivity index (χ0n) is 15.4. The number of hydrogen-bond acceptors (Lipinski definition) is 3. The Morgan fingerprint density at radius 2 is 1.78 bits per heavy atom. The number of carbonyl (C=O) groups is 2. The molecule has 1 unspecified atom stereocenters. The second kappa shape index (κ2) is 8.67. The zero-order valence-corrected chi connectivity index (χ0v) is 15.4. The van der Waals surface area contributed by atoms with E-state index < -0.39 is 17.4 Å². The molecule has 1 saturated carbocycles. The summed E-state index contributed by atoms with van der Waals surface area (Å²) < 4.78 is 0. The third-order valence-corrected chi connectivity index (χ3v) is 4.77. The molecule has 0 aromatic rings. The first-order chi connectivity index (χ1) is 10.6. The maximum atomic E-state index is 12.6. The average Bonchev–Trinajstić information content (AvgIpc) is 2.46. The topological polar surface area (TPSA) is 69.6 Å². The molecule has 0 aromatic carbocycles. The lowest BCUT2D eigenvalue weighted by Gasteiger charge is -2.36. The van der Waals surface area contributed by atoms with Gasteiger partial charge in [0.25, 0.3) is 0 Å². The molecule has 0 saturated heterocycles. The fraction of sp³-hybridized carbons (Fsp3) is 0.889. The van der Waals surface area contributed by atoms with E-state index in [-0.39, 0.29) is 11.8 Å². The Morgan fingerprint density at radius 1 is 1.22 bits per heavy atom. The third-order valence-electron chi connectivity index (χ3n) is 4.77. The lowest BCUT2D eigenvalue weighted by molar-refractivity contribution is -0.144. The van der Waals surface area contributed by atoms with Gasteiger partial charge in [0, 0.05) is 12.6 Å². The van der Waals surface area contributed by atoms with Crippen LogP contribution in [0, 0.1) is 11.3 Å². The standard InChI is InChI=1S/C18H34N2O3/c1-13(2)11-15(16(21)22)19-17(23)18(3,4)12-20(5)14-9-7-6-8-10-14/h13-15H,6-12H2,1-5H3,(H,19,23)(H,21,22). The molecule has 1 fully saturated rings. The van der Waals surface area contributed by atoms with Crippen LogP contribution >= 0.6 is 0 Å². The molecule has 23 heavy (non-hydrogen) atoms. The maximum absolute atomic E-state index is 12.6. The van der Waals surface area contributed by atoms with Crippen molar-refractivity contribution in [3.05, 3.63) is 0 Å². The largest absolute Gasteiger partial charge is 0.480 e. The van der Waals surface area contributed by atoms with E-state index in [9.17, 15) is 14.7 Å². The van der Waals surface area contributed by atoms with Crippen molar-refractivity contribution < 1.29 is 14.7 Å². The van der Waals surface area contributed by atoms with E-state index >= 15 is 0 Å². The number of nitrogens with zero attached hydrogens (tertiary/aromatic N) is 1. The van der Waals surface area contributed by atoms with Gasteiger partial charge in [0.1, 0.15) is 6.04 Å². The van der Waals surface area contributed by atoms with Gasteiger partial charge in [-0.2, -0.15) is 0 Å². The minimum atomic E-state index is -0.955. The summed E-state index contributed by atoms with van der Waals surface area (Å²) in [5, 5.41) is 12.0. The van der Waals surface area contributed by atoms with E-state index in [1.807, 2.05) is 27.7 Å². The van der Waals surface area contributed by atoms with Gasteiger partial charge < -0.3 is 15.3 Å². The molecule has 0 radical (unpaired) electrons. The second-order valence-corrected chi connectivity index (χ2v) is 8.08. The van der Waals surface area contributed by atoms with Gasteiger partial charge in [-0.05, 0) is 46.1 Å². The lowest BCUT2D eigenvalue weighted by atomic mass is 9.88. The summed E-state index contributed by atoms with van der Waals surface area (Å²) in [6, 6.07) is -0.261. The number of aliphatic carboxylic acids is 1. The highest BCUT2D eigenvalue weighted by molar-refractivity contribution is 5.87. The summed E-state index contributed by atoms with van der Waals surface area (Å²) in [4.78, 5) is 26.2. The monoisotopic (exact) mass is 326 g/mol. The van der Waals surface area contributed by atoms with Crippen LogP contribution in [0.3, 0.4) is 0 Å². The number of carboxylic acid groups (broad SMARTS) is 1. The molecule has 0 bridgehead atoms. The Balaban J connectivity index is 2.62. The van der Waals surface area contributed by atoms with Crippen LogP contribution in [0.5, 0.6) is 0 Å². The van der Waals surface area contributed by atoms with E-state index in [0.29, 0.717) is 19.0 Å². The van der Waals surface area contributed by atoms with Gasteiger partial charge in [-0.1, -0.05) is 33.1 Å². The highest BCUT2D eigenvalue weighted by Gasteiger charge is 2.34. The van der Waals surface area contributed by atoms with Crippen LogP contribution in [0.4, 0.5) is 0 Å². The van der Waals surface area contributed by atoms with Crippen LogP contribution in [0.1, 0.15) is 66.2 Å². The summed E-state index contributed by atoms with van der Waals surface area (Å²) in [5.74, 6) is -0.902. The minimum absolute atomic E-state index is 0.173. The Hall–Kier alpha value is -1.10. The van der Waals surface area contributed by atoms with Gasteiger partial charge in [-0.25, -0.2) is 4.79 Å². The van der Waals surface area contributed by atoms with Crippen LogP contribution < -0.4 is 5.32 Å². The van der Waals surface area contributed by atoms with E-state index in [2.05, 4.69) is 17.3 Å². The van der Waals surface area contributed by atoms with E-state index in [0.717, 1.165) is 0 Å². The molecular weight excluding hydrogens is 292 g/mol. The van der Waals surface area contributed by atoms with E-state index in [1.54, 1.807) is 0 Å². The molecule has 1 aliphatic rings. The van der Waals surface area contributed by atoms with Gasteiger partial charge in [0.2, 0.25) is 5.91 Å². The zero-order chi connectivity index (χ0) is 17.6.